The highest BCUT2D eigenvalue weighted by Crippen LogP contribution is 2.20. The molecule has 0 bridgehead atoms. The summed E-state index contributed by atoms with van der Waals surface area (Å²) >= 11 is 0. The quantitative estimate of drug-likeness (QED) is 0.116. The highest BCUT2D eigenvalue weighted by atomic mass is 16.7. The second-order valence-corrected chi connectivity index (χ2v) is 6.29. The molecule has 1 saturated heterocycles. The van der Waals surface area contributed by atoms with Gasteiger partial charge >= 0.3 is 11.9 Å². The summed E-state index contributed by atoms with van der Waals surface area (Å²) in [7, 11) is 0. The van der Waals surface area contributed by atoms with Crippen LogP contribution in [0.15, 0.2) is 12.7 Å². The van der Waals surface area contributed by atoms with Gasteiger partial charge in [-0.05, 0) is 12.8 Å². The molecule has 0 radical (unpaired) electrons. The van der Waals surface area contributed by atoms with Gasteiger partial charge in [0.15, 0.2) is 6.29 Å². The van der Waals surface area contributed by atoms with E-state index in [2.05, 4.69) is 22.2 Å². The van der Waals surface area contributed by atoms with Gasteiger partial charge in [-0.15, -0.1) is 0 Å². The minimum atomic E-state index is -1.55. The zero-order valence-electron chi connectivity index (χ0n) is 15.7. The maximum absolute atomic E-state index is 11.7. The van der Waals surface area contributed by atoms with Crippen molar-refractivity contribution in [2.75, 3.05) is 13.2 Å². The Labute approximate surface area is 162 Å². The number of ether oxygens (including phenoxy) is 2. The average molecular weight is 404 g/mol. The Bertz CT molecular complexity index is 543. The number of amides is 1. The topological polar surface area (TPSA) is 164 Å². The first-order valence-electron chi connectivity index (χ1n) is 8.94. The number of nitrogens with one attached hydrogen (secondary N) is 2. The van der Waals surface area contributed by atoms with E-state index in [1.165, 1.54) is 6.92 Å². The van der Waals surface area contributed by atoms with Crippen molar-refractivity contribution >= 4 is 17.8 Å². The molecule has 0 saturated carbocycles. The third kappa shape index (κ3) is 8.31. The van der Waals surface area contributed by atoms with Crippen LogP contribution >= 0.6 is 0 Å². The maximum Gasteiger partial charge on any atom is 0.348 e. The van der Waals surface area contributed by atoms with Crippen molar-refractivity contribution in [3.63, 3.8) is 0 Å². The standard InChI is InChI=1S/C17H28N2O9/c1-3-12(21)28-18-8-6-4-5-7-13(22)26-9-11-15(23)16(24)14(17(25)27-11)19-10(2)20/h3,11,14-18,23-25H,1,4-9H2,2H3,(H,19,20)/t11-,14-,15-,16-,17-/m1/s1. The van der Waals surface area contributed by atoms with Gasteiger partial charge in [0.1, 0.15) is 31.0 Å². The third-order valence-corrected chi connectivity index (χ3v) is 4.00. The largest absolute Gasteiger partial charge is 0.463 e. The smallest absolute Gasteiger partial charge is 0.348 e. The minimum absolute atomic E-state index is 0.134. The minimum Gasteiger partial charge on any atom is -0.463 e. The van der Waals surface area contributed by atoms with Crippen LogP contribution < -0.4 is 10.8 Å². The second kappa shape index (κ2) is 12.4. The lowest BCUT2D eigenvalue weighted by Crippen LogP contribution is -2.64. The Balaban J connectivity index is 2.21. The van der Waals surface area contributed by atoms with Crippen molar-refractivity contribution in [2.24, 2.45) is 0 Å². The lowest BCUT2D eigenvalue weighted by atomic mass is 9.97. The van der Waals surface area contributed by atoms with Gasteiger partial charge in [-0.3, -0.25) is 9.59 Å². The van der Waals surface area contributed by atoms with E-state index in [1.54, 1.807) is 0 Å². The SMILES string of the molecule is C=CC(=O)ONCCCCCC(=O)OC[C@H]1O[C@@H](O)[C@H](NC(C)=O)[C@@H](O)[C@@H]1O. The van der Waals surface area contributed by atoms with Crippen LogP contribution in [0.5, 0.6) is 0 Å². The Hall–Kier alpha value is -2.05. The van der Waals surface area contributed by atoms with E-state index in [0.29, 0.717) is 25.8 Å². The molecule has 0 unspecified atom stereocenters. The summed E-state index contributed by atoms with van der Waals surface area (Å²) in [6, 6.07) is -1.18. The summed E-state index contributed by atoms with van der Waals surface area (Å²) in [6.45, 7) is 4.54. The molecular weight excluding hydrogens is 376 g/mol. The first-order valence-corrected chi connectivity index (χ1v) is 8.94. The van der Waals surface area contributed by atoms with E-state index in [4.69, 9.17) is 9.47 Å². The molecule has 5 N–H and O–H groups in total. The number of hydrogen-bond donors (Lipinski definition) is 5. The zero-order chi connectivity index (χ0) is 21.1. The van der Waals surface area contributed by atoms with Crippen LogP contribution in [0, 0.1) is 0 Å². The zero-order valence-corrected chi connectivity index (χ0v) is 15.7. The van der Waals surface area contributed by atoms with Crippen LogP contribution in [0.2, 0.25) is 0 Å². The molecule has 28 heavy (non-hydrogen) atoms. The molecule has 1 amide bonds. The molecule has 1 rings (SSSR count). The molecule has 1 aliphatic rings. The van der Waals surface area contributed by atoms with Gasteiger partial charge in [0.25, 0.3) is 0 Å². The summed E-state index contributed by atoms with van der Waals surface area (Å²) < 4.78 is 10.1. The van der Waals surface area contributed by atoms with E-state index in [-0.39, 0.29) is 13.0 Å². The van der Waals surface area contributed by atoms with Crippen molar-refractivity contribution in [3.05, 3.63) is 12.7 Å². The third-order valence-electron chi connectivity index (χ3n) is 4.00. The number of aliphatic hydroxyl groups excluding tert-OH is 3. The van der Waals surface area contributed by atoms with E-state index in [0.717, 1.165) is 6.08 Å². The monoisotopic (exact) mass is 404 g/mol. The first-order chi connectivity index (χ1) is 13.3. The fourth-order valence-corrected chi connectivity index (χ4v) is 2.53. The molecule has 160 valence electrons. The first kappa shape index (κ1) is 24.0. The summed E-state index contributed by atoms with van der Waals surface area (Å²) in [6.07, 6.45) is -2.52. The van der Waals surface area contributed by atoms with E-state index >= 15 is 0 Å². The van der Waals surface area contributed by atoms with E-state index in [9.17, 15) is 29.7 Å². The van der Waals surface area contributed by atoms with Crippen molar-refractivity contribution < 1.29 is 44.0 Å². The van der Waals surface area contributed by atoms with Crippen molar-refractivity contribution in [2.45, 2.75) is 63.3 Å². The molecular formula is C17H28N2O9. The summed E-state index contributed by atoms with van der Waals surface area (Å²) in [4.78, 5) is 38.2. The van der Waals surface area contributed by atoms with Crippen LogP contribution in [0.1, 0.15) is 32.6 Å². The van der Waals surface area contributed by atoms with Gasteiger partial charge in [-0.2, -0.15) is 5.48 Å². The number of carbonyl (C=O) groups is 3. The second-order valence-electron chi connectivity index (χ2n) is 6.29. The van der Waals surface area contributed by atoms with E-state index in [1.807, 2.05) is 0 Å². The molecule has 0 spiro atoms. The van der Waals surface area contributed by atoms with Crippen molar-refractivity contribution in [1.82, 2.24) is 10.8 Å². The van der Waals surface area contributed by atoms with Crippen molar-refractivity contribution in [1.29, 1.82) is 0 Å². The van der Waals surface area contributed by atoms with Gasteiger partial charge in [0.05, 0.1) is 0 Å². The van der Waals surface area contributed by atoms with E-state index < -0.39 is 48.5 Å². The Morgan fingerprint density at radius 1 is 1.14 bits per heavy atom. The Morgan fingerprint density at radius 2 is 1.86 bits per heavy atom. The predicted octanol–water partition coefficient (Wildman–Crippen LogP) is -1.73. The van der Waals surface area contributed by atoms with Crippen LogP contribution in [0.25, 0.3) is 0 Å². The highest BCUT2D eigenvalue weighted by Gasteiger charge is 2.44. The molecule has 11 nitrogen and oxygen atoms in total. The summed E-state index contributed by atoms with van der Waals surface area (Å²) in [5.41, 5.74) is 2.47. The molecule has 1 heterocycles. The average Bonchev–Trinajstić information content (AvgIpc) is 2.65. The van der Waals surface area contributed by atoms with Gasteiger partial charge in [-0.1, -0.05) is 13.0 Å². The number of aliphatic hydroxyl groups is 3. The fraction of sp³-hybridized carbons (Fsp3) is 0.706. The number of hydrogen-bond acceptors (Lipinski definition) is 10. The number of unbranched alkanes of at least 4 members (excludes halogenated alkanes) is 2. The molecule has 0 aromatic heterocycles. The number of hydroxylamine groups is 1. The lowest BCUT2D eigenvalue weighted by Gasteiger charge is -2.40. The summed E-state index contributed by atoms with van der Waals surface area (Å²) in [5.74, 6) is -1.60. The lowest BCUT2D eigenvalue weighted by molar-refractivity contribution is -0.255. The Kier molecular flexibility index (Phi) is 10.6. The fourth-order valence-electron chi connectivity index (χ4n) is 2.53. The number of esters is 1. The molecule has 5 atom stereocenters. The van der Waals surface area contributed by atoms with Crippen LogP contribution in [-0.2, 0) is 28.7 Å². The predicted molar refractivity (Wildman–Crippen MR) is 94.2 cm³/mol. The maximum atomic E-state index is 11.7. The van der Waals surface area contributed by atoms with Crippen molar-refractivity contribution in [3.8, 4) is 0 Å². The van der Waals surface area contributed by atoms with Crippen LogP contribution in [0.3, 0.4) is 0 Å². The van der Waals surface area contributed by atoms with Crippen LogP contribution in [0.4, 0.5) is 0 Å². The number of rotatable bonds is 11. The molecule has 1 fully saturated rings. The molecule has 1 aliphatic heterocycles. The number of carbonyl (C=O) groups excluding carboxylic acids is 3. The molecule has 0 aromatic rings. The molecule has 0 aliphatic carbocycles. The van der Waals surface area contributed by atoms with Gasteiger partial charge in [0.2, 0.25) is 5.91 Å². The van der Waals surface area contributed by atoms with Gasteiger partial charge in [0, 0.05) is 26.0 Å². The molecule has 0 aromatic carbocycles. The van der Waals surface area contributed by atoms with Crippen LogP contribution in [-0.4, -0.2) is 77.0 Å². The van der Waals surface area contributed by atoms with Gasteiger partial charge < -0.3 is 34.9 Å². The summed E-state index contributed by atoms with van der Waals surface area (Å²) in [5, 5.41) is 32.2. The molecule has 11 heteroatoms. The Morgan fingerprint density at radius 3 is 2.50 bits per heavy atom. The highest BCUT2D eigenvalue weighted by molar-refractivity contribution is 5.80. The normalized spacial score (nSPS) is 26.9. The van der Waals surface area contributed by atoms with Gasteiger partial charge in [-0.25, -0.2) is 4.79 Å².